The Bertz CT molecular complexity index is 472. The molecular formula is C13H21N3O4. The first-order chi connectivity index (χ1) is 9.35. The van der Waals surface area contributed by atoms with Crippen molar-refractivity contribution in [3.8, 4) is 0 Å². The van der Waals surface area contributed by atoms with E-state index in [1.165, 1.54) is 0 Å². The Morgan fingerprint density at radius 2 is 2.05 bits per heavy atom. The number of carbonyl (C=O) groups is 2. The van der Waals surface area contributed by atoms with E-state index in [1.54, 1.807) is 27.0 Å². The molecule has 1 heterocycles. The molecule has 2 unspecified atom stereocenters. The van der Waals surface area contributed by atoms with Gasteiger partial charge in [-0.05, 0) is 19.8 Å². The Morgan fingerprint density at radius 3 is 2.50 bits per heavy atom. The Morgan fingerprint density at radius 1 is 1.40 bits per heavy atom. The van der Waals surface area contributed by atoms with Crippen molar-refractivity contribution in [2.75, 3.05) is 0 Å². The van der Waals surface area contributed by atoms with Crippen molar-refractivity contribution in [2.45, 2.75) is 46.2 Å². The number of nitrogens with zero attached hydrogens (tertiary/aromatic N) is 1. The third-order valence-corrected chi connectivity index (χ3v) is 3.12. The Hall–Kier alpha value is -2.05. The van der Waals surface area contributed by atoms with E-state index in [9.17, 15) is 9.59 Å². The molecule has 3 N–H and O–H groups in total. The highest BCUT2D eigenvalue weighted by molar-refractivity contribution is 5.82. The van der Waals surface area contributed by atoms with Gasteiger partial charge >= 0.3 is 12.0 Å². The van der Waals surface area contributed by atoms with E-state index in [1.807, 2.05) is 6.92 Å². The Balaban J connectivity index is 2.59. The predicted molar refractivity (Wildman–Crippen MR) is 72.2 cm³/mol. The fraction of sp³-hybridized carbons (Fsp3) is 0.615. The van der Waals surface area contributed by atoms with Crippen molar-refractivity contribution < 1.29 is 19.1 Å². The lowest BCUT2D eigenvalue weighted by Gasteiger charge is -2.21. The summed E-state index contributed by atoms with van der Waals surface area (Å²) in [5.41, 5.74) is 0. The van der Waals surface area contributed by atoms with Crippen LogP contribution in [0.3, 0.4) is 0 Å². The molecule has 1 aromatic rings. The van der Waals surface area contributed by atoms with Crippen LogP contribution in [-0.4, -0.2) is 28.1 Å². The van der Waals surface area contributed by atoms with Crippen LogP contribution in [0.25, 0.3) is 0 Å². The highest BCUT2D eigenvalue weighted by atomic mass is 16.4. The zero-order chi connectivity index (χ0) is 15.3. The predicted octanol–water partition coefficient (Wildman–Crippen LogP) is 1.84. The molecule has 0 saturated carbocycles. The Kier molecular flexibility index (Phi) is 5.54. The lowest BCUT2D eigenvalue weighted by Crippen LogP contribution is -2.49. The van der Waals surface area contributed by atoms with Gasteiger partial charge in [0.05, 0.1) is 6.20 Å². The van der Waals surface area contributed by atoms with Crippen LogP contribution < -0.4 is 10.6 Å². The molecule has 0 aliphatic rings. The molecule has 0 aliphatic heterocycles. The standard InChI is InChI=1S/C13H21N3O4/c1-5-7(2)10(12(17)18)16-13(19)15-9(4)11-14-6-8(3)20-11/h6-7,9-10H,5H2,1-4H3,(H,17,18)(H2,15,16,19)/t7?,9?,10-/m0/s1. The number of carboxylic acid groups (broad SMARTS) is 1. The van der Waals surface area contributed by atoms with E-state index >= 15 is 0 Å². The van der Waals surface area contributed by atoms with Gasteiger partial charge in [-0.25, -0.2) is 14.6 Å². The molecule has 1 aromatic heterocycles. The van der Waals surface area contributed by atoms with Crippen LogP contribution in [0.15, 0.2) is 10.6 Å². The van der Waals surface area contributed by atoms with Gasteiger partial charge < -0.3 is 20.2 Å². The number of aryl methyl sites for hydroxylation is 1. The minimum Gasteiger partial charge on any atom is -0.480 e. The molecule has 0 bridgehead atoms. The summed E-state index contributed by atoms with van der Waals surface area (Å²) in [6.07, 6.45) is 2.22. The highest BCUT2D eigenvalue weighted by Crippen LogP contribution is 2.12. The van der Waals surface area contributed by atoms with Crippen molar-refractivity contribution in [3.05, 3.63) is 17.8 Å². The third kappa shape index (κ3) is 4.25. The molecule has 7 heteroatoms. The number of nitrogens with one attached hydrogen (secondary N) is 2. The fourth-order valence-corrected chi connectivity index (χ4v) is 1.70. The van der Waals surface area contributed by atoms with Gasteiger partial charge in [-0.1, -0.05) is 20.3 Å². The van der Waals surface area contributed by atoms with Crippen molar-refractivity contribution >= 4 is 12.0 Å². The zero-order valence-electron chi connectivity index (χ0n) is 12.1. The first-order valence-electron chi connectivity index (χ1n) is 6.57. The maximum Gasteiger partial charge on any atom is 0.326 e. The molecule has 0 fully saturated rings. The molecule has 1 rings (SSSR count). The molecule has 0 saturated heterocycles. The van der Waals surface area contributed by atoms with E-state index < -0.39 is 24.1 Å². The second-order valence-corrected chi connectivity index (χ2v) is 4.85. The molecule has 0 aliphatic carbocycles. The molecule has 7 nitrogen and oxygen atoms in total. The summed E-state index contributed by atoms with van der Waals surface area (Å²) in [5.74, 6) is -0.170. The highest BCUT2D eigenvalue weighted by Gasteiger charge is 2.26. The summed E-state index contributed by atoms with van der Waals surface area (Å²) in [6.45, 7) is 7.12. The minimum absolute atomic E-state index is 0.155. The molecular weight excluding hydrogens is 262 g/mol. The molecule has 0 radical (unpaired) electrons. The van der Waals surface area contributed by atoms with Crippen molar-refractivity contribution in [1.29, 1.82) is 0 Å². The van der Waals surface area contributed by atoms with Crippen LogP contribution in [0.2, 0.25) is 0 Å². The zero-order valence-corrected chi connectivity index (χ0v) is 12.1. The van der Waals surface area contributed by atoms with Gasteiger partial charge in [0.15, 0.2) is 0 Å². The second-order valence-electron chi connectivity index (χ2n) is 4.85. The van der Waals surface area contributed by atoms with E-state index in [0.29, 0.717) is 18.1 Å². The summed E-state index contributed by atoms with van der Waals surface area (Å²) >= 11 is 0. The number of hydrogen-bond acceptors (Lipinski definition) is 4. The first-order valence-corrected chi connectivity index (χ1v) is 6.57. The van der Waals surface area contributed by atoms with Crippen LogP contribution in [0.5, 0.6) is 0 Å². The quantitative estimate of drug-likeness (QED) is 0.739. The number of carboxylic acids is 1. The van der Waals surface area contributed by atoms with E-state index in [0.717, 1.165) is 0 Å². The Labute approximate surface area is 117 Å². The lowest BCUT2D eigenvalue weighted by molar-refractivity contribution is -0.140. The van der Waals surface area contributed by atoms with Crippen molar-refractivity contribution in [1.82, 2.24) is 15.6 Å². The lowest BCUT2D eigenvalue weighted by atomic mass is 9.99. The average Bonchev–Trinajstić information content (AvgIpc) is 2.81. The number of aromatic nitrogens is 1. The summed E-state index contributed by atoms with van der Waals surface area (Å²) in [5, 5.41) is 14.2. The molecule has 0 aromatic carbocycles. The normalized spacial score (nSPS) is 15.2. The number of amides is 2. The van der Waals surface area contributed by atoms with E-state index in [2.05, 4.69) is 15.6 Å². The molecule has 3 atom stereocenters. The first kappa shape index (κ1) is 16.0. The van der Waals surface area contributed by atoms with Gasteiger partial charge in [0.2, 0.25) is 5.89 Å². The topological polar surface area (TPSA) is 104 Å². The summed E-state index contributed by atoms with van der Waals surface area (Å²) in [6, 6.07) is -1.91. The van der Waals surface area contributed by atoms with E-state index in [4.69, 9.17) is 9.52 Å². The number of hydrogen-bond donors (Lipinski definition) is 3. The minimum atomic E-state index is -1.05. The number of rotatable bonds is 6. The van der Waals surface area contributed by atoms with Crippen LogP contribution >= 0.6 is 0 Å². The molecule has 112 valence electrons. The van der Waals surface area contributed by atoms with Gasteiger partial charge in [-0.3, -0.25) is 0 Å². The smallest absolute Gasteiger partial charge is 0.326 e. The fourth-order valence-electron chi connectivity index (χ4n) is 1.70. The van der Waals surface area contributed by atoms with Crippen LogP contribution in [-0.2, 0) is 4.79 Å². The monoisotopic (exact) mass is 283 g/mol. The van der Waals surface area contributed by atoms with Gasteiger partial charge in [-0.15, -0.1) is 0 Å². The number of oxazole rings is 1. The van der Waals surface area contributed by atoms with Gasteiger partial charge in [0.1, 0.15) is 17.8 Å². The third-order valence-electron chi connectivity index (χ3n) is 3.12. The van der Waals surface area contributed by atoms with Crippen molar-refractivity contribution in [3.63, 3.8) is 0 Å². The number of aliphatic carboxylic acids is 1. The maximum absolute atomic E-state index is 11.8. The average molecular weight is 283 g/mol. The van der Waals surface area contributed by atoms with Gasteiger partial charge in [0, 0.05) is 0 Å². The maximum atomic E-state index is 11.8. The van der Waals surface area contributed by atoms with Crippen molar-refractivity contribution in [2.24, 2.45) is 5.92 Å². The SMILES string of the molecule is CCC(C)[C@H](NC(=O)NC(C)c1ncc(C)o1)C(=O)O. The van der Waals surface area contributed by atoms with Gasteiger partial charge in [-0.2, -0.15) is 0 Å². The van der Waals surface area contributed by atoms with Crippen LogP contribution in [0.1, 0.15) is 44.9 Å². The van der Waals surface area contributed by atoms with Gasteiger partial charge in [0.25, 0.3) is 0 Å². The molecule has 2 amide bonds. The summed E-state index contributed by atoms with van der Waals surface area (Å²) < 4.78 is 5.30. The summed E-state index contributed by atoms with van der Waals surface area (Å²) in [4.78, 5) is 26.9. The number of urea groups is 1. The van der Waals surface area contributed by atoms with E-state index in [-0.39, 0.29) is 5.92 Å². The molecule has 20 heavy (non-hydrogen) atoms. The van der Waals surface area contributed by atoms with Crippen LogP contribution in [0, 0.1) is 12.8 Å². The molecule has 0 spiro atoms. The van der Waals surface area contributed by atoms with Crippen LogP contribution in [0.4, 0.5) is 4.79 Å². The number of carbonyl (C=O) groups excluding carboxylic acids is 1. The summed E-state index contributed by atoms with van der Waals surface area (Å²) in [7, 11) is 0. The largest absolute Gasteiger partial charge is 0.480 e. The second kappa shape index (κ2) is 6.93.